The van der Waals surface area contributed by atoms with E-state index < -0.39 is 0 Å². The van der Waals surface area contributed by atoms with E-state index >= 15 is 0 Å². The van der Waals surface area contributed by atoms with E-state index in [1.54, 1.807) is 0 Å². The fourth-order valence-corrected chi connectivity index (χ4v) is 2.21. The van der Waals surface area contributed by atoms with Gasteiger partial charge < -0.3 is 0 Å². The van der Waals surface area contributed by atoms with Gasteiger partial charge in [-0.25, -0.2) is 0 Å². The molecule has 3 aliphatic rings. The van der Waals surface area contributed by atoms with Crippen molar-refractivity contribution >= 4 is 5.78 Å². The van der Waals surface area contributed by atoms with E-state index in [-0.39, 0.29) is 5.78 Å². The lowest BCUT2D eigenvalue weighted by Gasteiger charge is -2.05. The Kier molecular flexibility index (Phi) is 16.7. The van der Waals surface area contributed by atoms with Crippen LogP contribution in [0.25, 0.3) is 0 Å². The highest BCUT2D eigenvalue weighted by Crippen LogP contribution is 2.44. The summed E-state index contributed by atoms with van der Waals surface area (Å²) in [6, 6.07) is 0. The maximum atomic E-state index is 12.2. The fourth-order valence-electron chi connectivity index (χ4n) is 2.21. The third-order valence-corrected chi connectivity index (χ3v) is 3.31. The van der Waals surface area contributed by atoms with E-state index in [1.807, 2.05) is 85.8 Å². The molecule has 1 nitrogen and oxygen atoms in total. The molecule has 24 heavy (non-hydrogen) atoms. The monoisotopic (exact) mass is 330 g/mol. The van der Waals surface area contributed by atoms with E-state index in [0.29, 0.717) is 5.92 Å². The van der Waals surface area contributed by atoms with Gasteiger partial charge in [0.1, 0.15) is 0 Å². The molecule has 2 unspecified atom stereocenters. The van der Waals surface area contributed by atoms with Crippen LogP contribution in [0.15, 0.2) is 59.8 Å². The normalized spacial score (nSPS) is 21.2. The Bertz CT molecular complexity index is 472. The summed E-state index contributed by atoms with van der Waals surface area (Å²) in [4.78, 5) is 12.2. The highest BCUT2D eigenvalue weighted by Gasteiger charge is 2.36. The largest absolute Gasteiger partial charge is 0.289 e. The summed E-state index contributed by atoms with van der Waals surface area (Å²) < 4.78 is 0. The summed E-state index contributed by atoms with van der Waals surface area (Å²) >= 11 is 0. The zero-order chi connectivity index (χ0) is 19.0. The van der Waals surface area contributed by atoms with E-state index in [0.717, 1.165) is 23.5 Å². The molecule has 0 aliphatic heterocycles. The lowest BCUT2D eigenvalue weighted by atomic mass is 9.98. The third-order valence-electron chi connectivity index (χ3n) is 3.31. The molecule has 1 saturated carbocycles. The molecule has 0 saturated heterocycles. The fraction of sp³-hybridized carbons (Fsp3) is 0.522. The summed E-state index contributed by atoms with van der Waals surface area (Å²) in [6.07, 6.45) is 18.3. The SMILES string of the molecule is CC.CC.CC.CC.O=C(C1=CC=CCC=C1)C1=CC2CC2C=C1. The van der Waals surface area contributed by atoms with Crippen molar-refractivity contribution < 1.29 is 4.79 Å². The Labute approximate surface area is 150 Å². The summed E-state index contributed by atoms with van der Waals surface area (Å²) in [5, 5.41) is 0. The standard InChI is InChI=1S/C15H14O.4C2H6/c16-15(11-5-3-1-2-4-6-11)13-8-7-12-9-14(12)10-13;4*1-2/h1,3-8,10,12,14H,2,9H2;4*1-2H3. The molecule has 1 heteroatoms. The maximum Gasteiger partial charge on any atom is 0.192 e. The third kappa shape index (κ3) is 8.29. The second-order valence-corrected chi connectivity index (χ2v) is 4.56. The molecule has 3 rings (SSSR count). The lowest BCUT2D eigenvalue weighted by molar-refractivity contribution is -0.111. The second kappa shape index (κ2) is 16.2. The highest BCUT2D eigenvalue weighted by molar-refractivity contribution is 6.12. The van der Waals surface area contributed by atoms with Gasteiger partial charge in [-0.3, -0.25) is 4.79 Å². The number of ketones is 1. The predicted octanol–water partition coefficient (Wildman–Crippen LogP) is 7.24. The van der Waals surface area contributed by atoms with Crippen molar-refractivity contribution in [2.45, 2.75) is 68.2 Å². The van der Waals surface area contributed by atoms with Crippen LogP contribution >= 0.6 is 0 Å². The van der Waals surface area contributed by atoms with Crippen molar-refractivity contribution in [1.82, 2.24) is 0 Å². The predicted molar refractivity (Wildman–Crippen MR) is 110 cm³/mol. The van der Waals surface area contributed by atoms with Crippen LogP contribution < -0.4 is 0 Å². The molecule has 0 aromatic carbocycles. The van der Waals surface area contributed by atoms with E-state index in [9.17, 15) is 4.79 Å². The van der Waals surface area contributed by atoms with Crippen molar-refractivity contribution in [2.75, 3.05) is 0 Å². The molecule has 0 aromatic rings. The van der Waals surface area contributed by atoms with Gasteiger partial charge in [0, 0.05) is 11.1 Å². The average Bonchev–Trinajstić information content (AvgIpc) is 3.50. The Morgan fingerprint density at radius 3 is 2.04 bits per heavy atom. The van der Waals surface area contributed by atoms with Gasteiger partial charge in [-0.15, -0.1) is 0 Å². The van der Waals surface area contributed by atoms with Gasteiger partial charge in [-0.1, -0.05) is 104 Å². The zero-order valence-corrected chi connectivity index (χ0v) is 17.1. The van der Waals surface area contributed by atoms with Crippen LogP contribution in [0.4, 0.5) is 0 Å². The van der Waals surface area contributed by atoms with E-state index in [4.69, 9.17) is 0 Å². The van der Waals surface area contributed by atoms with Gasteiger partial charge in [0.15, 0.2) is 5.78 Å². The van der Waals surface area contributed by atoms with Crippen molar-refractivity contribution in [2.24, 2.45) is 11.8 Å². The van der Waals surface area contributed by atoms with Crippen molar-refractivity contribution in [1.29, 1.82) is 0 Å². The first kappa shape index (κ1) is 24.6. The molecule has 1 fully saturated rings. The first-order chi connectivity index (χ1) is 11.8. The number of fused-ring (bicyclic) bond motifs is 1. The van der Waals surface area contributed by atoms with Crippen LogP contribution in [0.2, 0.25) is 0 Å². The summed E-state index contributed by atoms with van der Waals surface area (Å²) in [5.41, 5.74) is 1.66. The molecule has 0 spiro atoms. The lowest BCUT2D eigenvalue weighted by Crippen LogP contribution is -2.05. The van der Waals surface area contributed by atoms with Gasteiger partial charge in [0.25, 0.3) is 0 Å². The molecule has 0 amide bonds. The molecule has 3 aliphatic carbocycles. The van der Waals surface area contributed by atoms with Crippen LogP contribution in [-0.2, 0) is 4.79 Å². The minimum atomic E-state index is 0.157. The highest BCUT2D eigenvalue weighted by atomic mass is 16.1. The van der Waals surface area contributed by atoms with Crippen LogP contribution in [0.5, 0.6) is 0 Å². The van der Waals surface area contributed by atoms with Crippen LogP contribution in [0, 0.1) is 11.8 Å². The summed E-state index contributed by atoms with van der Waals surface area (Å²) in [5.74, 6) is 1.51. The Hall–Kier alpha value is -1.63. The summed E-state index contributed by atoms with van der Waals surface area (Å²) in [6.45, 7) is 16.0. The summed E-state index contributed by atoms with van der Waals surface area (Å²) in [7, 11) is 0. The number of hydrogen-bond donors (Lipinski definition) is 0. The average molecular weight is 331 g/mol. The van der Waals surface area contributed by atoms with Crippen LogP contribution in [-0.4, -0.2) is 5.78 Å². The molecule has 0 N–H and O–H groups in total. The van der Waals surface area contributed by atoms with E-state index in [2.05, 4.69) is 18.2 Å². The van der Waals surface area contributed by atoms with Crippen LogP contribution in [0.3, 0.4) is 0 Å². The maximum absolute atomic E-state index is 12.2. The second-order valence-electron chi connectivity index (χ2n) is 4.56. The van der Waals surface area contributed by atoms with Gasteiger partial charge in [0.2, 0.25) is 0 Å². The molecule has 0 aromatic heterocycles. The molecule has 136 valence electrons. The number of rotatable bonds is 2. The topological polar surface area (TPSA) is 17.1 Å². The molecular weight excluding hydrogens is 292 g/mol. The van der Waals surface area contributed by atoms with Crippen molar-refractivity contribution in [3.05, 3.63) is 59.8 Å². The van der Waals surface area contributed by atoms with Gasteiger partial charge in [0.05, 0.1) is 0 Å². The first-order valence-corrected chi connectivity index (χ1v) is 9.83. The Balaban J connectivity index is 0. The van der Waals surface area contributed by atoms with E-state index in [1.165, 1.54) is 6.42 Å². The minimum Gasteiger partial charge on any atom is -0.289 e. The van der Waals surface area contributed by atoms with Crippen molar-refractivity contribution in [3.8, 4) is 0 Å². The van der Waals surface area contributed by atoms with Crippen LogP contribution in [0.1, 0.15) is 68.2 Å². The molecule has 0 heterocycles. The quantitative estimate of drug-likeness (QED) is 0.521. The molecule has 2 atom stereocenters. The minimum absolute atomic E-state index is 0.157. The number of carbonyl (C=O) groups is 1. The molecule has 0 bridgehead atoms. The van der Waals surface area contributed by atoms with Gasteiger partial charge in [-0.05, 0) is 24.7 Å². The first-order valence-electron chi connectivity index (χ1n) is 9.83. The number of hydrogen-bond acceptors (Lipinski definition) is 1. The number of allylic oxidation sites excluding steroid dienone is 10. The van der Waals surface area contributed by atoms with Gasteiger partial charge in [-0.2, -0.15) is 0 Å². The smallest absolute Gasteiger partial charge is 0.192 e. The molecular formula is C23H38O. The van der Waals surface area contributed by atoms with Crippen molar-refractivity contribution in [3.63, 3.8) is 0 Å². The van der Waals surface area contributed by atoms with Gasteiger partial charge >= 0.3 is 0 Å². The Morgan fingerprint density at radius 1 is 0.833 bits per heavy atom. The molecule has 0 radical (unpaired) electrons. The number of Topliss-reactive ketones (excluding diaryl/α,β-unsaturated/α-hetero) is 1. The Morgan fingerprint density at radius 2 is 1.46 bits per heavy atom. The number of carbonyl (C=O) groups excluding carboxylic acids is 1. The zero-order valence-electron chi connectivity index (χ0n) is 17.1.